The SMILES string of the molecule is CC.CC.OB(O)c1ccc(F)c(O)c1F. The smallest absolute Gasteiger partial charge is 0.491 e. The van der Waals surface area contributed by atoms with Gasteiger partial charge >= 0.3 is 7.12 Å². The van der Waals surface area contributed by atoms with E-state index in [-0.39, 0.29) is 0 Å². The third-order valence-electron chi connectivity index (χ3n) is 1.37. The Hall–Kier alpha value is -1.14. The van der Waals surface area contributed by atoms with Gasteiger partial charge in [0.15, 0.2) is 17.4 Å². The van der Waals surface area contributed by atoms with Crippen molar-refractivity contribution in [3.8, 4) is 5.75 Å². The molecule has 1 aromatic rings. The number of phenolic OH excluding ortho intramolecular Hbond substituents is 1. The first-order chi connectivity index (χ1) is 7.54. The molecule has 0 aliphatic carbocycles. The van der Waals surface area contributed by atoms with Gasteiger partial charge in [0.25, 0.3) is 0 Å². The molecule has 0 fully saturated rings. The van der Waals surface area contributed by atoms with Crippen molar-refractivity contribution >= 4 is 12.6 Å². The van der Waals surface area contributed by atoms with Gasteiger partial charge in [-0.3, -0.25) is 0 Å². The summed E-state index contributed by atoms with van der Waals surface area (Å²) >= 11 is 0. The quantitative estimate of drug-likeness (QED) is 0.643. The molecular weight excluding hydrogens is 217 g/mol. The first kappa shape index (κ1) is 17.3. The van der Waals surface area contributed by atoms with Gasteiger partial charge in [0.1, 0.15) is 0 Å². The largest absolute Gasteiger partial charge is 0.503 e. The molecule has 0 radical (unpaired) electrons. The fraction of sp³-hybridized carbons (Fsp3) is 0.400. The molecule has 0 saturated heterocycles. The summed E-state index contributed by atoms with van der Waals surface area (Å²) in [6, 6.07) is 1.59. The van der Waals surface area contributed by atoms with Crippen molar-refractivity contribution in [1.29, 1.82) is 0 Å². The lowest BCUT2D eigenvalue weighted by Crippen LogP contribution is -2.32. The Morgan fingerprint density at radius 2 is 1.44 bits per heavy atom. The van der Waals surface area contributed by atoms with Gasteiger partial charge in [-0.05, 0) is 6.07 Å². The zero-order valence-electron chi connectivity index (χ0n) is 9.83. The molecule has 1 aromatic carbocycles. The molecule has 6 heteroatoms. The molecule has 0 saturated carbocycles. The molecule has 0 unspecified atom stereocenters. The Morgan fingerprint density at radius 3 is 1.81 bits per heavy atom. The maximum absolute atomic E-state index is 12.7. The van der Waals surface area contributed by atoms with Crippen LogP contribution in [0.3, 0.4) is 0 Å². The van der Waals surface area contributed by atoms with Gasteiger partial charge in [0.2, 0.25) is 0 Å². The Bertz CT molecular complexity index is 306. The van der Waals surface area contributed by atoms with Crippen LogP contribution in [-0.4, -0.2) is 22.3 Å². The van der Waals surface area contributed by atoms with Gasteiger partial charge in [-0.2, -0.15) is 0 Å². The fourth-order valence-corrected chi connectivity index (χ4v) is 0.756. The van der Waals surface area contributed by atoms with E-state index < -0.39 is 30.0 Å². The van der Waals surface area contributed by atoms with Crippen LogP contribution in [0, 0.1) is 11.6 Å². The Balaban J connectivity index is 0. The maximum atomic E-state index is 12.7. The number of benzene rings is 1. The standard InChI is InChI=1S/C6H5BF2O3.2C2H6/c8-4-2-1-3(7(11)12)5(9)6(4)10;2*1-2/h1-2,10-12H;2*1-2H3. The number of phenols is 1. The predicted octanol–water partition coefficient (Wildman–Crippen LogP) is 1.40. The third-order valence-corrected chi connectivity index (χ3v) is 1.37. The molecule has 16 heavy (non-hydrogen) atoms. The number of aromatic hydroxyl groups is 1. The van der Waals surface area contributed by atoms with E-state index >= 15 is 0 Å². The summed E-state index contributed by atoms with van der Waals surface area (Å²) in [6.07, 6.45) is 0. The highest BCUT2D eigenvalue weighted by atomic mass is 19.1. The lowest BCUT2D eigenvalue weighted by molar-refractivity contribution is 0.391. The van der Waals surface area contributed by atoms with Crippen molar-refractivity contribution in [2.75, 3.05) is 0 Å². The Kier molecular flexibility index (Phi) is 9.84. The summed E-state index contributed by atoms with van der Waals surface area (Å²) in [5.41, 5.74) is -0.561. The van der Waals surface area contributed by atoms with Crippen LogP contribution in [0.15, 0.2) is 12.1 Å². The van der Waals surface area contributed by atoms with Crippen LogP contribution in [0.25, 0.3) is 0 Å². The average Bonchev–Trinajstić information content (AvgIpc) is 2.31. The van der Waals surface area contributed by atoms with Crippen LogP contribution in [0.5, 0.6) is 5.75 Å². The normalized spacial score (nSPS) is 8.25. The van der Waals surface area contributed by atoms with Crippen molar-refractivity contribution < 1.29 is 23.9 Å². The topological polar surface area (TPSA) is 60.7 Å². The zero-order valence-corrected chi connectivity index (χ0v) is 9.83. The van der Waals surface area contributed by atoms with Gasteiger partial charge in [-0.1, -0.05) is 33.8 Å². The van der Waals surface area contributed by atoms with Crippen molar-refractivity contribution in [1.82, 2.24) is 0 Å². The Morgan fingerprint density at radius 1 is 1.00 bits per heavy atom. The number of hydrogen-bond donors (Lipinski definition) is 3. The van der Waals surface area contributed by atoms with Crippen molar-refractivity contribution in [2.45, 2.75) is 27.7 Å². The van der Waals surface area contributed by atoms with E-state index in [2.05, 4.69) is 0 Å². The van der Waals surface area contributed by atoms with E-state index in [0.29, 0.717) is 0 Å². The highest BCUT2D eigenvalue weighted by molar-refractivity contribution is 6.58. The van der Waals surface area contributed by atoms with Crippen LogP contribution >= 0.6 is 0 Å². The lowest BCUT2D eigenvalue weighted by atomic mass is 9.80. The first-order valence-electron chi connectivity index (χ1n) is 5.07. The van der Waals surface area contributed by atoms with E-state index in [1.54, 1.807) is 0 Å². The molecule has 0 amide bonds. The monoisotopic (exact) mass is 234 g/mol. The molecule has 0 bridgehead atoms. The molecule has 1 rings (SSSR count). The molecule has 92 valence electrons. The van der Waals surface area contributed by atoms with E-state index in [4.69, 9.17) is 15.2 Å². The summed E-state index contributed by atoms with van der Waals surface area (Å²) in [7, 11) is -2.06. The van der Waals surface area contributed by atoms with Crippen molar-refractivity contribution in [2.24, 2.45) is 0 Å². The molecular formula is C10H17BF2O3. The second kappa shape index (κ2) is 9.12. The minimum absolute atomic E-state index is 0.561. The van der Waals surface area contributed by atoms with Gasteiger partial charge in [0.05, 0.1) is 0 Å². The average molecular weight is 234 g/mol. The summed E-state index contributed by atoms with van der Waals surface area (Å²) in [5, 5.41) is 25.7. The Labute approximate surface area is 94.5 Å². The maximum Gasteiger partial charge on any atom is 0.491 e. The molecule has 3 N–H and O–H groups in total. The molecule has 3 nitrogen and oxygen atoms in total. The van der Waals surface area contributed by atoms with Gasteiger partial charge < -0.3 is 15.2 Å². The first-order valence-corrected chi connectivity index (χ1v) is 5.07. The fourth-order valence-electron chi connectivity index (χ4n) is 0.756. The summed E-state index contributed by atoms with van der Waals surface area (Å²) in [4.78, 5) is 0. The molecule has 0 aliphatic heterocycles. The molecule has 0 heterocycles. The number of halogens is 2. The van der Waals surface area contributed by atoms with Crippen LogP contribution in [0.2, 0.25) is 0 Å². The van der Waals surface area contributed by atoms with Gasteiger partial charge in [0, 0.05) is 5.46 Å². The summed E-state index contributed by atoms with van der Waals surface area (Å²) in [5.74, 6) is -3.71. The highest BCUT2D eigenvalue weighted by Gasteiger charge is 2.20. The molecule has 0 aliphatic rings. The number of rotatable bonds is 1. The van der Waals surface area contributed by atoms with Crippen LogP contribution in [0.1, 0.15) is 27.7 Å². The third kappa shape index (κ3) is 4.59. The van der Waals surface area contributed by atoms with Crippen molar-refractivity contribution in [3.05, 3.63) is 23.8 Å². The number of hydrogen-bond acceptors (Lipinski definition) is 3. The van der Waals surface area contributed by atoms with Crippen LogP contribution in [-0.2, 0) is 0 Å². The predicted molar refractivity (Wildman–Crippen MR) is 60.5 cm³/mol. The molecule has 0 spiro atoms. The van der Waals surface area contributed by atoms with E-state index in [0.717, 1.165) is 12.1 Å². The highest BCUT2D eigenvalue weighted by Crippen LogP contribution is 2.16. The molecule has 0 atom stereocenters. The van der Waals surface area contributed by atoms with Crippen LogP contribution in [0.4, 0.5) is 8.78 Å². The van der Waals surface area contributed by atoms with E-state index in [9.17, 15) is 8.78 Å². The summed E-state index contributed by atoms with van der Waals surface area (Å²) in [6.45, 7) is 8.00. The second-order valence-electron chi connectivity index (χ2n) is 2.17. The minimum Gasteiger partial charge on any atom is -0.503 e. The molecule has 0 aromatic heterocycles. The lowest BCUT2D eigenvalue weighted by Gasteiger charge is -2.03. The van der Waals surface area contributed by atoms with Crippen molar-refractivity contribution in [3.63, 3.8) is 0 Å². The van der Waals surface area contributed by atoms with E-state index in [1.165, 1.54) is 0 Å². The van der Waals surface area contributed by atoms with Gasteiger partial charge in [-0.15, -0.1) is 0 Å². The zero-order chi connectivity index (χ0) is 13.3. The second-order valence-corrected chi connectivity index (χ2v) is 2.17. The summed E-state index contributed by atoms with van der Waals surface area (Å²) < 4.78 is 25.1. The van der Waals surface area contributed by atoms with E-state index in [1.807, 2.05) is 27.7 Å². The minimum atomic E-state index is -2.06. The van der Waals surface area contributed by atoms with Gasteiger partial charge in [-0.25, -0.2) is 8.78 Å². The van der Waals surface area contributed by atoms with Crippen LogP contribution < -0.4 is 5.46 Å².